The molecule has 2 N–H and O–H groups in total. The van der Waals surface area contributed by atoms with Crippen LogP contribution in [0, 0.1) is 5.82 Å². The largest absolute Gasteiger partial charge is 0.273 e. The number of hydrazine groups is 1. The number of sulfonamides is 1. The number of rotatable bonds is 6. The summed E-state index contributed by atoms with van der Waals surface area (Å²) in [5.41, 5.74) is 2.80. The van der Waals surface area contributed by atoms with Crippen LogP contribution in [0.3, 0.4) is 0 Å². The van der Waals surface area contributed by atoms with E-state index in [0.717, 1.165) is 18.1 Å². The highest BCUT2D eigenvalue weighted by Crippen LogP contribution is 2.20. The fraction of sp³-hybridized carbons (Fsp3) is 0.235. The van der Waals surface area contributed by atoms with Crippen LogP contribution < -0.4 is 10.3 Å². The van der Waals surface area contributed by atoms with Gasteiger partial charge in [-0.1, -0.05) is 38.1 Å². The van der Waals surface area contributed by atoms with Crippen molar-refractivity contribution in [3.8, 4) is 0 Å². The quantitative estimate of drug-likeness (QED) is 0.787. The van der Waals surface area contributed by atoms with Crippen molar-refractivity contribution in [2.45, 2.75) is 31.1 Å². The van der Waals surface area contributed by atoms with Gasteiger partial charge in [0, 0.05) is 0 Å². The van der Waals surface area contributed by atoms with Gasteiger partial charge in [-0.15, -0.1) is 4.83 Å². The van der Waals surface area contributed by atoms with Gasteiger partial charge in [0.1, 0.15) is 5.82 Å². The molecule has 0 aliphatic rings. The van der Waals surface area contributed by atoms with Gasteiger partial charge < -0.3 is 0 Å². The van der Waals surface area contributed by atoms with Crippen LogP contribution in [0.2, 0.25) is 0 Å². The summed E-state index contributed by atoms with van der Waals surface area (Å²) in [6, 6.07) is 11.7. The molecule has 0 bridgehead atoms. The molecule has 0 aliphatic carbocycles. The van der Waals surface area contributed by atoms with Gasteiger partial charge in [0.2, 0.25) is 0 Å². The standard InChI is InChI=1S/C17H19FN2O3S/c1-3-12(2)13-8-10-14(11-9-13)24(22,23)20-19-17(21)15-6-4-5-7-16(15)18/h4-12,20H,3H2,1-2H3,(H,19,21)/t12-/m1/s1. The van der Waals surface area contributed by atoms with E-state index >= 15 is 0 Å². The van der Waals surface area contributed by atoms with Crippen molar-refractivity contribution >= 4 is 15.9 Å². The first-order valence-electron chi connectivity index (χ1n) is 7.51. The second kappa shape index (κ2) is 7.55. The molecule has 24 heavy (non-hydrogen) atoms. The van der Waals surface area contributed by atoms with Crippen molar-refractivity contribution in [1.29, 1.82) is 0 Å². The van der Waals surface area contributed by atoms with E-state index in [0.29, 0.717) is 5.92 Å². The molecule has 0 saturated carbocycles. The third kappa shape index (κ3) is 4.18. The van der Waals surface area contributed by atoms with E-state index in [1.54, 1.807) is 12.1 Å². The highest BCUT2D eigenvalue weighted by atomic mass is 32.2. The van der Waals surface area contributed by atoms with Crippen LogP contribution in [0.1, 0.15) is 42.1 Å². The lowest BCUT2D eigenvalue weighted by atomic mass is 9.99. The Morgan fingerprint density at radius 3 is 2.33 bits per heavy atom. The van der Waals surface area contributed by atoms with Gasteiger partial charge in [-0.25, -0.2) is 12.8 Å². The average molecular weight is 350 g/mol. The third-order valence-corrected chi connectivity index (χ3v) is 5.05. The Morgan fingerprint density at radius 1 is 1.12 bits per heavy atom. The van der Waals surface area contributed by atoms with Crippen LogP contribution in [0.4, 0.5) is 4.39 Å². The molecular weight excluding hydrogens is 331 g/mol. The van der Waals surface area contributed by atoms with Crippen molar-refractivity contribution in [3.05, 3.63) is 65.5 Å². The van der Waals surface area contributed by atoms with E-state index in [1.807, 2.05) is 10.3 Å². The summed E-state index contributed by atoms with van der Waals surface area (Å²) < 4.78 is 37.9. The number of hydrogen-bond donors (Lipinski definition) is 2. The number of carbonyl (C=O) groups excluding carboxylic acids is 1. The van der Waals surface area contributed by atoms with Gasteiger partial charge in [-0.05, 0) is 42.2 Å². The lowest BCUT2D eigenvalue weighted by molar-refractivity contribution is 0.0941. The minimum absolute atomic E-state index is 0.0170. The molecule has 2 rings (SSSR count). The topological polar surface area (TPSA) is 75.3 Å². The van der Waals surface area contributed by atoms with Crippen LogP contribution in [-0.2, 0) is 10.0 Å². The molecule has 0 aromatic heterocycles. The smallest absolute Gasteiger partial charge is 0.269 e. The lowest BCUT2D eigenvalue weighted by Gasteiger charge is -2.11. The normalized spacial score (nSPS) is 12.6. The predicted octanol–water partition coefficient (Wildman–Crippen LogP) is 2.96. The molecule has 0 heterocycles. The van der Waals surface area contributed by atoms with Gasteiger partial charge in [0.15, 0.2) is 0 Å². The van der Waals surface area contributed by atoms with Crippen LogP contribution in [0.15, 0.2) is 53.4 Å². The Kier molecular flexibility index (Phi) is 5.69. The van der Waals surface area contributed by atoms with Crippen LogP contribution in [0.25, 0.3) is 0 Å². The molecule has 2 aromatic rings. The number of amides is 1. The van der Waals surface area contributed by atoms with E-state index in [1.165, 1.54) is 30.3 Å². The molecular formula is C17H19FN2O3S. The first kappa shape index (κ1) is 18.1. The maximum absolute atomic E-state index is 13.5. The number of halogens is 1. The fourth-order valence-corrected chi connectivity index (χ4v) is 2.94. The molecule has 0 spiro atoms. The van der Waals surface area contributed by atoms with Gasteiger partial charge in [-0.3, -0.25) is 10.2 Å². The predicted molar refractivity (Wildman–Crippen MR) is 89.3 cm³/mol. The summed E-state index contributed by atoms with van der Waals surface area (Å²) >= 11 is 0. The summed E-state index contributed by atoms with van der Waals surface area (Å²) in [5.74, 6) is -1.27. The van der Waals surface area contributed by atoms with E-state index in [4.69, 9.17) is 0 Å². The summed E-state index contributed by atoms with van der Waals surface area (Å²) in [4.78, 5) is 13.8. The van der Waals surface area contributed by atoms with E-state index in [2.05, 4.69) is 13.8 Å². The molecule has 1 amide bonds. The van der Waals surface area contributed by atoms with Crippen molar-refractivity contribution in [2.75, 3.05) is 0 Å². The zero-order chi connectivity index (χ0) is 17.7. The average Bonchev–Trinajstić information content (AvgIpc) is 2.59. The van der Waals surface area contributed by atoms with Crippen molar-refractivity contribution < 1.29 is 17.6 Å². The van der Waals surface area contributed by atoms with Gasteiger partial charge >= 0.3 is 0 Å². The summed E-state index contributed by atoms with van der Waals surface area (Å²) in [6.45, 7) is 4.10. The summed E-state index contributed by atoms with van der Waals surface area (Å²) in [5, 5.41) is 0. The maximum atomic E-state index is 13.5. The number of carbonyl (C=O) groups is 1. The molecule has 0 saturated heterocycles. The summed E-state index contributed by atoms with van der Waals surface area (Å²) in [6.07, 6.45) is 0.947. The number of nitrogens with one attached hydrogen (secondary N) is 2. The Balaban J connectivity index is 2.09. The third-order valence-electron chi connectivity index (χ3n) is 3.79. The monoisotopic (exact) mass is 350 g/mol. The molecule has 128 valence electrons. The molecule has 0 aliphatic heterocycles. The van der Waals surface area contributed by atoms with Crippen LogP contribution >= 0.6 is 0 Å². The maximum Gasteiger partial charge on any atom is 0.269 e. The van der Waals surface area contributed by atoms with E-state index in [-0.39, 0.29) is 10.5 Å². The Hall–Kier alpha value is -2.25. The minimum Gasteiger partial charge on any atom is -0.273 e. The van der Waals surface area contributed by atoms with E-state index < -0.39 is 21.7 Å². The van der Waals surface area contributed by atoms with Crippen molar-refractivity contribution in [3.63, 3.8) is 0 Å². The number of hydrogen-bond acceptors (Lipinski definition) is 3. The first-order valence-corrected chi connectivity index (χ1v) is 9.00. The summed E-state index contributed by atoms with van der Waals surface area (Å²) in [7, 11) is -3.93. The molecule has 0 radical (unpaired) electrons. The molecule has 7 heteroatoms. The molecule has 5 nitrogen and oxygen atoms in total. The molecule has 1 atom stereocenters. The Labute approximate surface area is 140 Å². The van der Waals surface area contributed by atoms with Gasteiger partial charge in [0.25, 0.3) is 15.9 Å². The number of benzene rings is 2. The molecule has 0 unspecified atom stereocenters. The Bertz CT molecular complexity index is 820. The van der Waals surface area contributed by atoms with Gasteiger partial charge in [-0.2, -0.15) is 0 Å². The van der Waals surface area contributed by atoms with Crippen molar-refractivity contribution in [1.82, 2.24) is 10.3 Å². The fourth-order valence-electron chi connectivity index (χ4n) is 2.10. The zero-order valence-corrected chi connectivity index (χ0v) is 14.2. The zero-order valence-electron chi connectivity index (χ0n) is 13.4. The second-order valence-electron chi connectivity index (χ2n) is 5.42. The molecule has 0 fully saturated rings. The molecule has 2 aromatic carbocycles. The van der Waals surface area contributed by atoms with Crippen LogP contribution in [-0.4, -0.2) is 14.3 Å². The van der Waals surface area contributed by atoms with Gasteiger partial charge in [0.05, 0.1) is 10.5 Å². The highest BCUT2D eigenvalue weighted by molar-refractivity contribution is 7.89. The SMILES string of the molecule is CC[C@@H](C)c1ccc(S(=O)(=O)NNC(=O)c2ccccc2F)cc1. The highest BCUT2D eigenvalue weighted by Gasteiger charge is 2.17. The minimum atomic E-state index is -3.93. The van der Waals surface area contributed by atoms with Crippen LogP contribution in [0.5, 0.6) is 0 Å². The van der Waals surface area contributed by atoms with Crippen molar-refractivity contribution in [2.24, 2.45) is 0 Å². The Morgan fingerprint density at radius 2 is 1.75 bits per heavy atom. The first-order chi connectivity index (χ1) is 11.3. The van der Waals surface area contributed by atoms with E-state index in [9.17, 15) is 17.6 Å². The lowest BCUT2D eigenvalue weighted by Crippen LogP contribution is -2.41. The second-order valence-corrected chi connectivity index (χ2v) is 7.10.